The van der Waals surface area contributed by atoms with Gasteiger partial charge in [-0.2, -0.15) is 0 Å². The first-order valence-corrected chi connectivity index (χ1v) is 11.5. The van der Waals surface area contributed by atoms with Crippen molar-refractivity contribution < 1.29 is 29.3 Å². The number of phenolic OH excluding ortho intramolecular Hbond substituents is 1. The molecule has 2 aliphatic rings. The van der Waals surface area contributed by atoms with E-state index in [0.717, 1.165) is 13.1 Å². The van der Waals surface area contributed by atoms with Crippen molar-refractivity contribution >= 4 is 40.7 Å². The molecule has 2 aliphatic heterocycles. The molecule has 4 rings (SSSR count). The Hall–Kier alpha value is -2.78. The van der Waals surface area contributed by atoms with E-state index in [9.17, 15) is 19.8 Å². The lowest BCUT2D eigenvalue weighted by Gasteiger charge is -2.31. The summed E-state index contributed by atoms with van der Waals surface area (Å²) in [6.07, 6.45) is 0. The molecule has 2 aromatic carbocycles. The van der Waals surface area contributed by atoms with Crippen molar-refractivity contribution in [1.82, 2.24) is 9.80 Å². The molecule has 0 aliphatic carbocycles. The molecule has 2 fully saturated rings. The van der Waals surface area contributed by atoms with Crippen molar-refractivity contribution in [2.24, 2.45) is 0 Å². The van der Waals surface area contributed by atoms with Gasteiger partial charge in [-0.3, -0.25) is 14.5 Å². The zero-order valence-electron chi connectivity index (χ0n) is 18.5. The Labute approximate surface area is 206 Å². The largest absolute Gasteiger partial charge is 0.507 e. The summed E-state index contributed by atoms with van der Waals surface area (Å²) >= 11 is 12.3. The molecule has 2 saturated heterocycles. The molecule has 8 nitrogen and oxygen atoms in total. The lowest BCUT2D eigenvalue weighted by molar-refractivity contribution is -0.140. The third kappa shape index (κ3) is 4.72. The second-order valence-corrected chi connectivity index (χ2v) is 8.82. The molecule has 34 heavy (non-hydrogen) atoms. The normalized spacial score (nSPS) is 20.7. The molecule has 10 heteroatoms. The molecule has 0 radical (unpaired) electrons. The lowest BCUT2D eigenvalue weighted by atomic mass is 9.95. The summed E-state index contributed by atoms with van der Waals surface area (Å²) in [6, 6.07) is 8.19. The van der Waals surface area contributed by atoms with Crippen molar-refractivity contribution in [3.8, 4) is 11.5 Å². The van der Waals surface area contributed by atoms with Gasteiger partial charge >= 0.3 is 0 Å². The number of amides is 1. The van der Waals surface area contributed by atoms with Gasteiger partial charge in [-0.15, -0.1) is 0 Å². The zero-order chi connectivity index (χ0) is 24.4. The first-order chi connectivity index (χ1) is 16.3. The van der Waals surface area contributed by atoms with Crippen LogP contribution in [0.3, 0.4) is 0 Å². The number of nitrogens with zero attached hydrogens (tertiary/aromatic N) is 2. The Morgan fingerprint density at radius 1 is 1.09 bits per heavy atom. The third-order valence-corrected chi connectivity index (χ3v) is 6.76. The average molecular weight is 507 g/mol. The number of hydrogen-bond donors (Lipinski definition) is 2. The summed E-state index contributed by atoms with van der Waals surface area (Å²) in [4.78, 5) is 29.8. The van der Waals surface area contributed by atoms with E-state index in [1.165, 1.54) is 30.2 Å². The van der Waals surface area contributed by atoms with Gasteiger partial charge in [0.25, 0.3) is 11.7 Å². The number of phenols is 1. The van der Waals surface area contributed by atoms with Crippen LogP contribution < -0.4 is 4.74 Å². The number of Topliss-reactive ketones (excluding diaryl/α,β-unsaturated/α-hetero) is 1. The number of carbonyl (C=O) groups excluding carboxylic acids is 2. The molecule has 0 saturated carbocycles. The molecule has 1 unspecified atom stereocenters. The van der Waals surface area contributed by atoms with E-state index in [1.807, 2.05) is 0 Å². The highest BCUT2D eigenvalue weighted by Gasteiger charge is 2.46. The van der Waals surface area contributed by atoms with Crippen molar-refractivity contribution in [2.45, 2.75) is 6.04 Å². The quantitative estimate of drug-likeness (QED) is 0.351. The Bertz CT molecular complexity index is 1150. The van der Waals surface area contributed by atoms with Crippen molar-refractivity contribution in [3.63, 3.8) is 0 Å². The molecule has 1 amide bonds. The fraction of sp³-hybridized carbons (Fsp3) is 0.333. The van der Waals surface area contributed by atoms with Crippen LogP contribution in [0.2, 0.25) is 10.0 Å². The van der Waals surface area contributed by atoms with Gasteiger partial charge in [0, 0.05) is 32.2 Å². The molecular formula is C24H24Cl2N2O6. The van der Waals surface area contributed by atoms with Crippen LogP contribution in [-0.4, -0.2) is 78.2 Å². The Morgan fingerprint density at radius 3 is 2.47 bits per heavy atom. The minimum Gasteiger partial charge on any atom is -0.507 e. The molecule has 2 aromatic rings. The van der Waals surface area contributed by atoms with E-state index in [1.54, 1.807) is 18.2 Å². The molecule has 0 aromatic heterocycles. The van der Waals surface area contributed by atoms with Gasteiger partial charge in [-0.05, 0) is 29.8 Å². The fourth-order valence-electron chi connectivity index (χ4n) is 4.20. The van der Waals surface area contributed by atoms with Crippen LogP contribution in [0.1, 0.15) is 17.2 Å². The fourth-order valence-corrected chi connectivity index (χ4v) is 4.50. The standard InChI is InChI=1S/C24H24Cl2N2O6/c1-33-15-3-4-16(19(29)13-15)22(30)20-21(14-2-5-17(25)18(26)12-14)28(24(32)23(20)31)7-6-27-8-10-34-11-9-27/h2-5,12-13,21,29-30H,6-11H2,1H3. The molecule has 0 spiro atoms. The number of ketones is 1. The predicted octanol–water partition coefficient (Wildman–Crippen LogP) is 3.46. The van der Waals surface area contributed by atoms with Gasteiger partial charge in [-0.1, -0.05) is 29.3 Å². The zero-order valence-corrected chi connectivity index (χ0v) is 20.0. The Balaban J connectivity index is 1.78. The first-order valence-electron chi connectivity index (χ1n) is 10.7. The smallest absolute Gasteiger partial charge is 0.295 e. The minimum absolute atomic E-state index is 0.0111. The van der Waals surface area contributed by atoms with Gasteiger partial charge < -0.3 is 24.6 Å². The number of carbonyl (C=O) groups is 2. The number of likely N-dealkylation sites (tertiary alicyclic amines) is 1. The molecular weight excluding hydrogens is 483 g/mol. The van der Waals surface area contributed by atoms with Crippen LogP contribution >= 0.6 is 23.2 Å². The lowest BCUT2D eigenvalue weighted by Crippen LogP contribution is -2.42. The highest BCUT2D eigenvalue weighted by Crippen LogP contribution is 2.42. The highest BCUT2D eigenvalue weighted by atomic mass is 35.5. The maximum Gasteiger partial charge on any atom is 0.295 e. The summed E-state index contributed by atoms with van der Waals surface area (Å²) in [7, 11) is 1.44. The number of aliphatic hydroxyl groups is 1. The number of aliphatic hydroxyl groups excluding tert-OH is 1. The van der Waals surface area contributed by atoms with Crippen molar-refractivity contribution in [2.75, 3.05) is 46.5 Å². The molecule has 1 atom stereocenters. The van der Waals surface area contributed by atoms with E-state index < -0.39 is 23.5 Å². The highest BCUT2D eigenvalue weighted by molar-refractivity contribution is 6.47. The number of halogens is 2. The monoisotopic (exact) mass is 506 g/mol. The minimum atomic E-state index is -0.905. The molecule has 2 heterocycles. The van der Waals surface area contributed by atoms with E-state index in [2.05, 4.69) is 4.90 Å². The number of methoxy groups -OCH3 is 1. The summed E-state index contributed by atoms with van der Waals surface area (Å²) < 4.78 is 10.5. The summed E-state index contributed by atoms with van der Waals surface area (Å²) in [5.41, 5.74) is 0.396. The van der Waals surface area contributed by atoms with Crippen LogP contribution in [0.15, 0.2) is 42.0 Å². The summed E-state index contributed by atoms with van der Waals surface area (Å²) in [6.45, 7) is 3.43. The van der Waals surface area contributed by atoms with Crippen LogP contribution in [0.4, 0.5) is 0 Å². The van der Waals surface area contributed by atoms with E-state index >= 15 is 0 Å². The topological polar surface area (TPSA) is 99.5 Å². The number of morpholine rings is 1. The number of aromatic hydroxyl groups is 1. The Kier molecular flexibility index (Phi) is 7.33. The molecule has 2 N–H and O–H groups in total. The van der Waals surface area contributed by atoms with Crippen LogP contribution in [0, 0.1) is 0 Å². The van der Waals surface area contributed by atoms with E-state index in [-0.39, 0.29) is 28.5 Å². The van der Waals surface area contributed by atoms with Crippen LogP contribution in [-0.2, 0) is 14.3 Å². The molecule has 0 bridgehead atoms. The van der Waals surface area contributed by atoms with Gasteiger partial charge in [0.2, 0.25) is 0 Å². The summed E-state index contributed by atoms with van der Waals surface area (Å²) in [5, 5.41) is 22.2. The SMILES string of the molecule is COc1ccc(C(O)=C2C(=O)C(=O)N(CCN3CCOCC3)C2c2ccc(Cl)c(Cl)c2)c(O)c1. The second-order valence-electron chi connectivity index (χ2n) is 8.00. The summed E-state index contributed by atoms with van der Waals surface area (Å²) in [5.74, 6) is -1.97. The number of benzene rings is 2. The van der Waals surface area contributed by atoms with Gasteiger partial charge in [0.1, 0.15) is 17.3 Å². The van der Waals surface area contributed by atoms with Gasteiger partial charge in [-0.25, -0.2) is 0 Å². The maximum atomic E-state index is 13.1. The van der Waals surface area contributed by atoms with Crippen molar-refractivity contribution in [3.05, 3.63) is 63.1 Å². The van der Waals surface area contributed by atoms with E-state index in [4.69, 9.17) is 32.7 Å². The predicted molar refractivity (Wildman–Crippen MR) is 127 cm³/mol. The van der Waals surface area contributed by atoms with Crippen LogP contribution in [0.5, 0.6) is 11.5 Å². The second kappa shape index (κ2) is 10.2. The van der Waals surface area contributed by atoms with Crippen LogP contribution in [0.25, 0.3) is 5.76 Å². The number of ether oxygens (including phenoxy) is 2. The number of hydrogen-bond acceptors (Lipinski definition) is 7. The van der Waals surface area contributed by atoms with E-state index in [0.29, 0.717) is 36.1 Å². The van der Waals surface area contributed by atoms with Gasteiger partial charge in [0.15, 0.2) is 0 Å². The number of rotatable bonds is 6. The molecule has 180 valence electrons. The van der Waals surface area contributed by atoms with Gasteiger partial charge in [0.05, 0.1) is 47.5 Å². The first kappa shape index (κ1) is 24.3. The maximum absolute atomic E-state index is 13.1. The average Bonchev–Trinajstić information content (AvgIpc) is 3.09. The van der Waals surface area contributed by atoms with Crippen molar-refractivity contribution in [1.29, 1.82) is 0 Å². The third-order valence-electron chi connectivity index (χ3n) is 6.02. The Morgan fingerprint density at radius 2 is 1.82 bits per heavy atom.